The van der Waals surface area contributed by atoms with Crippen LogP contribution in [0.2, 0.25) is 0 Å². The summed E-state index contributed by atoms with van der Waals surface area (Å²) in [5.74, 6) is 1.75. The molecule has 0 atom stereocenters. The van der Waals surface area contributed by atoms with E-state index in [1.165, 1.54) is 199 Å². The lowest BCUT2D eigenvalue weighted by Gasteiger charge is -2.44. The maximum absolute atomic E-state index is 2.81. The third kappa shape index (κ3) is 10.3. The highest BCUT2D eigenvalue weighted by atomic mass is 15.2. The number of para-hydroxylation sites is 2. The number of hydrogen-bond donors (Lipinski definition) is 0. The van der Waals surface area contributed by atoms with Crippen LogP contribution in [-0.2, 0) is 21.7 Å². The molecule has 0 saturated heterocycles. The van der Waals surface area contributed by atoms with Gasteiger partial charge in [0.25, 0.3) is 0 Å². The van der Waals surface area contributed by atoms with E-state index in [9.17, 15) is 0 Å². The Balaban J connectivity index is 1.21. The fourth-order valence-corrected chi connectivity index (χ4v) is 18.5. The third-order valence-electron chi connectivity index (χ3n) is 24.2. The molecule has 0 spiro atoms. The van der Waals surface area contributed by atoms with E-state index in [2.05, 4.69) is 346 Å². The molecule has 12 aromatic carbocycles. The van der Waals surface area contributed by atoms with Gasteiger partial charge in [-0.2, -0.15) is 0 Å². The smallest absolute Gasteiger partial charge is 0.248 e. The van der Waals surface area contributed by atoms with Gasteiger partial charge in [0.15, 0.2) is 0 Å². The van der Waals surface area contributed by atoms with Crippen molar-refractivity contribution in [2.75, 3.05) is 9.80 Å². The molecule has 4 heteroatoms. The van der Waals surface area contributed by atoms with Crippen molar-refractivity contribution in [1.29, 1.82) is 0 Å². The lowest BCUT2D eigenvalue weighted by molar-refractivity contribution is 0.590. The van der Waals surface area contributed by atoms with Gasteiger partial charge in [0.2, 0.25) is 13.4 Å². The van der Waals surface area contributed by atoms with Crippen LogP contribution >= 0.6 is 0 Å². The van der Waals surface area contributed by atoms with Crippen LogP contribution in [-0.4, -0.2) is 13.4 Å². The van der Waals surface area contributed by atoms with Gasteiger partial charge in [-0.1, -0.05) is 286 Å². The summed E-state index contributed by atoms with van der Waals surface area (Å²) in [5, 5.41) is 8.38. The zero-order valence-electron chi connectivity index (χ0n) is 65.7. The first-order chi connectivity index (χ1) is 48.1. The van der Waals surface area contributed by atoms with Crippen molar-refractivity contribution >= 4 is 113 Å². The van der Waals surface area contributed by atoms with E-state index in [1.807, 2.05) is 0 Å². The standard InChI is InChI=1S/C98H106B2N2/c1-53(2)59-39-67(55(5)6)87(68(40-59)56(7)8)71-49-73-77-43-63(97(19,20)21)47-85-93(77)100(80-38-36-62(96(16,17)18)46-84(80)101(85)65-31-27-25-28-32-65)82-52-76-72(88-69(57(9)10)41-60(54(3)4)42-70(88)58(11)12)50-74-78-44-64(98(22,23)24)48-86-94(78)99(81-51-75(71)91(89(73)82)92(76)90(74)81)79-37-35-61(95(13,14)15)45-83(79)102(86)66-33-29-26-30-34-66/h25-58H,1-24H3. The summed E-state index contributed by atoms with van der Waals surface area (Å²) in [6.45, 7) is 57.9. The summed E-state index contributed by atoms with van der Waals surface area (Å²) in [6.07, 6.45) is 0. The molecule has 0 fully saturated rings. The molecule has 102 heavy (non-hydrogen) atoms. The molecule has 4 aliphatic heterocycles. The molecule has 514 valence electrons. The van der Waals surface area contributed by atoms with Crippen LogP contribution in [0.3, 0.4) is 0 Å². The molecule has 0 bridgehead atoms. The Morgan fingerprint density at radius 2 is 0.578 bits per heavy atom. The molecule has 16 rings (SSSR count). The third-order valence-corrected chi connectivity index (χ3v) is 24.2. The van der Waals surface area contributed by atoms with Crippen molar-refractivity contribution in [3.05, 3.63) is 225 Å². The molecule has 0 aliphatic carbocycles. The predicted molar refractivity (Wildman–Crippen MR) is 450 cm³/mol. The maximum Gasteiger partial charge on any atom is 0.248 e. The van der Waals surface area contributed by atoms with Crippen LogP contribution in [0.5, 0.6) is 0 Å². The van der Waals surface area contributed by atoms with Crippen molar-refractivity contribution in [2.24, 2.45) is 0 Å². The maximum atomic E-state index is 2.81. The van der Waals surface area contributed by atoms with E-state index >= 15 is 0 Å². The van der Waals surface area contributed by atoms with Gasteiger partial charge in [-0.3, -0.25) is 0 Å². The minimum absolute atomic E-state index is 0.0816. The van der Waals surface area contributed by atoms with Crippen molar-refractivity contribution in [1.82, 2.24) is 0 Å². The molecule has 4 heterocycles. The predicted octanol–water partition coefficient (Wildman–Crippen LogP) is 24.4. The molecule has 0 N–H and O–H groups in total. The number of nitrogens with zero attached hydrogens (tertiary/aromatic N) is 2. The Hall–Kier alpha value is -8.59. The van der Waals surface area contributed by atoms with Crippen LogP contribution in [0.25, 0.3) is 76.8 Å². The Labute approximate surface area is 611 Å². The minimum Gasteiger partial charge on any atom is -0.311 e. The van der Waals surface area contributed by atoms with E-state index < -0.39 is 0 Å². The normalized spacial score (nSPS) is 14.1. The second-order valence-electron chi connectivity index (χ2n) is 37.2. The van der Waals surface area contributed by atoms with Gasteiger partial charge >= 0.3 is 0 Å². The Kier molecular flexibility index (Phi) is 15.6. The number of fused-ring (bicyclic) bond motifs is 8. The Bertz CT molecular complexity index is 5060. The van der Waals surface area contributed by atoms with Crippen molar-refractivity contribution in [2.45, 2.75) is 223 Å². The van der Waals surface area contributed by atoms with Crippen molar-refractivity contribution in [3.63, 3.8) is 0 Å². The number of hydrogen-bond acceptors (Lipinski definition) is 2. The summed E-state index contributed by atoms with van der Waals surface area (Å²) < 4.78 is 0. The van der Waals surface area contributed by atoms with Gasteiger partial charge in [-0.25, -0.2) is 0 Å². The Morgan fingerprint density at radius 3 is 0.873 bits per heavy atom. The number of rotatable bonds is 10. The van der Waals surface area contributed by atoms with Crippen LogP contribution in [0.4, 0.5) is 34.1 Å². The number of anilines is 6. The summed E-state index contributed by atoms with van der Waals surface area (Å²) in [4.78, 5) is 5.32. The van der Waals surface area contributed by atoms with Gasteiger partial charge in [0.1, 0.15) is 0 Å². The highest BCUT2D eigenvalue weighted by molar-refractivity contribution is 7.02. The highest BCUT2D eigenvalue weighted by Crippen LogP contribution is 2.56. The molecule has 12 aromatic rings. The number of benzene rings is 12. The fourth-order valence-electron chi connectivity index (χ4n) is 18.5. The van der Waals surface area contributed by atoms with Crippen molar-refractivity contribution < 1.29 is 0 Å². The summed E-state index contributed by atoms with van der Waals surface area (Å²) >= 11 is 0. The second kappa shape index (κ2) is 23.5. The van der Waals surface area contributed by atoms with E-state index in [-0.39, 0.29) is 58.8 Å². The van der Waals surface area contributed by atoms with Crippen LogP contribution < -0.4 is 42.6 Å². The van der Waals surface area contributed by atoms with E-state index in [0.717, 1.165) is 0 Å². The van der Waals surface area contributed by atoms with Gasteiger partial charge in [-0.05, 0) is 272 Å². The monoisotopic (exact) mass is 1330 g/mol. The van der Waals surface area contributed by atoms with Crippen molar-refractivity contribution in [3.8, 4) is 44.5 Å². The molecule has 2 nitrogen and oxygen atoms in total. The molecule has 0 unspecified atom stereocenters. The van der Waals surface area contributed by atoms with E-state index in [0.29, 0.717) is 11.8 Å². The van der Waals surface area contributed by atoms with Crippen LogP contribution in [0.1, 0.15) is 257 Å². The zero-order valence-corrected chi connectivity index (χ0v) is 65.7. The molecular weight excluding hydrogens is 1230 g/mol. The average molecular weight is 1330 g/mol. The first-order valence-electron chi connectivity index (χ1n) is 38.7. The summed E-state index contributed by atoms with van der Waals surface area (Å²) in [7, 11) is 0. The quantitative estimate of drug-likeness (QED) is 0.0995. The van der Waals surface area contributed by atoms with Crippen LogP contribution in [0.15, 0.2) is 170 Å². The molecular formula is C98H106B2N2. The molecule has 0 amide bonds. The van der Waals surface area contributed by atoms with Gasteiger partial charge in [0, 0.05) is 34.1 Å². The summed E-state index contributed by atoms with van der Waals surface area (Å²) in [6, 6.07) is 70.0. The zero-order chi connectivity index (χ0) is 72.4. The minimum atomic E-state index is -0.173. The lowest BCUT2D eigenvalue weighted by atomic mass is 9.31. The lowest BCUT2D eigenvalue weighted by Crippen LogP contribution is -2.60. The first-order valence-corrected chi connectivity index (χ1v) is 38.7. The van der Waals surface area contributed by atoms with Crippen LogP contribution in [0, 0.1) is 0 Å². The average Bonchev–Trinajstić information content (AvgIpc) is 0.663. The van der Waals surface area contributed by atoms with Gasteiger partial charge < -0.3 is 9.80 Å². The first kappa shape index (κ1) is 67.9. The van der Waals surface area contributed by atoms with E-state index in [1.54, 1.807) is 0 Å². The SMILES string of the molecule is CC(C)c1cc(C(C)C)c(-c2cc3c4c(cc5c(-c6c(C(C)C)cc(C(C)C)cc6C(C)C)cc6c7c(cc2c4c57)B2c4ccc(C(C)(C)C)cc4N(c4ccccc4)c4cc(C(C)(C)C)cc-6c42)B2c4ccc(C(C)(C)C)cc4N(c4ccccc4)c4cc(C(C)(C)C)cc-3c42)c(C(C)C)c1. The molecule has 0 aromatic heterocycles. The highest BCUT2D eigenvalue weighted by Gasteiger charge is 2.48. The second-order valence-corrected chi connectivity index (χ2v) is 37.2. The molecule has 0 radical (unpaired) electrons. The largest absolute Gasteiger partial charge is 0.311 e. The van der Waals surface area contributed by atoms with Gasteiger partial charge in [0.05, 0.1) is 0 Å². The topological polar surface area (TPSA) is 6.48 Å². The fraction of sp³-hybridized carbons (Fsp3) is 0.347. The molecule has 4 aliphatic rings. The Morgan fingerprint density at radius 1 is 0.265 bits per heavy atom. The van der Waals surface area contributed by atoms with E-state index in [4.69, 9.17) is 0 Å². The summed E-state index contributed by atoms with van der Waals surface area (Å²) in [5.41, 5.74) is 40.3. The van der Waals surface area contributed by atoms with Gasteiger partial charge in [-0.15, -0.1) is 0 Å². The molecule has 0 saturated carbocycles.